The van der Waals surface area contributed by atoms with E-state index in [4.69, 9.17) is 46.9 Å². The van der Waals surface area contributed by atoms with Crippen molar-refractivity contribution in [2.45, 2.75) is 83.4 Å². The molecule has 2 aliphatic carbocycles. The number of hydrogen-bond donors (Lipinski definition) is 1. The first-order valence-corrected chi connectivity index (χ1v) is 21.7. The minimum Gasteiger partial charge on any atom is -0.493 e. The summed E-state index contributed by atoms with van der Waals surface area (Å²) in [4.78, 5) is 29.5. The maximum Gasteiger partial charge on any atom is 0.306 e. The second-order valence-corrected chi connectivity index (χ2v) is 17.2. The van der Waals surface area contributed by atoms with E-state index >= 15 is 0 Å². The fourth-order valence-electron chi connectivity index (χ4n) is 7.99. The second kappa shape index (κ2) is 20.3. The number of aryl methyl sites for hydroxylation is 2. The molecule has 7 rings (SSSR count). The van der Waals surface area contributed by atoms with E-state index in [1.54, 1.807) is 7.11 Å². The highest BCUT2D eigenvalue weighted by molar-refractivity contribution is 6.37. The maximum absolute atomic E-state index is 14.6. The average Bonchev–Trinajstić information content (AvgIpc) is 4.19. The van der Waals surface area contributed by atoms with Crippen molar-refractivity contribution in [3.05, 3.63) is 123 Å². The van der Waals surface area contributed by atoms with Crippen LogP contribution in [0.2, 0.25) is 10.0 Å². The van der Waals surface area contributed by atoms with Crippen molar-refractivity contribution in [3.63, 3.8) is 0 Å². The van der Waals surface area contributed by atoms with E-state index in [0.717, 1.165) is 90.8 Å². The van der Waals surface area contributed by atoms with Gasteiger partial charge < -0.3 is 33.9 Å². The zero-order valence-electron chi connectivity index (χ0n) is 34.2. The Kier molecular flexibility index (Phi) is 14.8. The molecule has 1 N–H and O–H groups in total. The van der Waals surface area contributed by atoms with Gasteiger partial charge in [0.05, 0.1) is 29.0 Å². The number of piperidine rings is 1. The van der Waals surface area contributed by atoms with Gasteiger partial charge in [-0.1, -0.05) is 71.7 Å². The van der Waals surface area contributed by atoms with Gasteiger partial charge in [-0.2, -0.15) is 0 Å². The number of nitrogens with zero attached hydrogens (tertiary/aromatic N) is 1. The first-order chi connectivity index (χ1) is 28.7. The summed E-state index contributed by atoms with van der Waals surface area (Å²) in [6.07, 6.45) is 6.80. The SMILES string of the molecule is COCCCc1cc(CN(C(=O)[C@H]2CNCC[C@@H]2c2ccc(OCCOc3c(Cl)cc(C)cc3Cl)cc2)C2CC2)cc(OCC2(CC(=O)OCc3ccccc3)CC2)c1. The summed E-state index contributed by atoms with van der Waals surface area (Å²) >= 11 is 12.7. The third kappa shape index (κ3) is 12.2. The quantitative estimate of drug-likeness (QED) is 0.0655. The number of nitrogens with one attached hydrogen (secondary N) is 1. The molecule has 0 spiro atoms. The Morgan fingerprint density at radius 2 is 1.54 bits per heavy atom. The van der Waals surface area contributed by atoms with Gasteiger partial charge in [0.1, 0.15) is 31.3 Å². The van der Waals surface area contributed by atoms with Gasteiger partial charge in [-0.05, 0) is 129 Å². The first kappa shape index (κ1) is 42.8. The maximum atomic E-state index is 14.6. The fraction of sp³-hybridized carbons (Fsp3) is 0.458. The smallest absolute Gasteiger partial charge is 0.306 e. The van der Waals surface area contributed by atoms with Crippen molar-refractivity contribution in [1.29, 1.82) is 0 Å². The molecular formula is C48H56Cl2N2O7. The molecule has 0 unspecified atom stereocenters. The Morgan fingerprint density at radius 1 is 0.814 bits per heavy atom. The monoisotopic (exact) mass is 842 g/mol. The number of carbonyl (C=O) groups is 2. The molecule has 1 heterocycles. The number of ether oxygens (including phenoxy) is 5. The Bertz CT molecular complexity index is 2000. The molecule has 11 heteroatoms. The summed E-state index contributed by atoms with van der Waals surface area (Å²) in [6.45, 7) is 5.95. The summed E-state index contributed by atoms with van der Waals surface area (Å²) < 4.78 is 29.3. The predicted octanol–water partition coefficient (Wildman–Crippen LogP) is 9.52. The fourth-order valence-corrected chi connectivity index (χ4v) is 8.69. The van der Waals surface area contributed by atoms with E-state index in [1.807, 2.05) is 61.5 Å². The summed E-state index contributed by atoms with van der Waals surface area (Å²) in [5, 5.41) is 4.46. The molecule has 2 saturated carbocycles. The zero-order valence-corrected chi connectivity index (χ0v) is 35.7. The van der Waals surface area contributed by atoms with Crippen LogP contribution in [0.3, 0.4) is 0 Å². The van der Waals surface area contributed by atoms with E-state index in [1.165, 1.54) is 0 Å². The van der Waals surface area contributed by atoms with Crippen molar-refractivity contribution < 1.29 is 33.3 Å². The molecule has 3 aliphatic rings. The molecule has 0 radical (unpaired) electrons. The number of esters is 1. The van der Waals surface area contributed by atoms with Gasteiger partial charge in [-0.3, -0.25) is 9.59 Å². The molecular weight excluding hydrogens is 787 g/mol. The summed E-state index contributed by atoms with van der Waals surface area (Å²) in [5.74, 6) is 1.85. The van der Waals surface area contributed by atoms with E-state index < -0.39 is 0 Å². The highest BCUT2D eigenvalue weighted by Crippen LogP contribution is 2.49. The molecule has 3 fully saturated rings. The Balaban J connectivity index is 0.977. The average molecular weight is 844 g/mol. The normalized spacial score (nSPS) is 18.2. The van der Waals surface area contributed by atoms with Crippen molar-refractivity contribution in [1.82, 2.24) is 10.2 Å². The molecule has 2 atom stereocenters. The molecule has 314 valence electrons. The van der Waals surface area contributed by atoms with Crippen LogP contribution in [0.15, 0.2) is 84.9 Å². The van der Waals surface area contributed by atoms with Crippen LogP contribution >= 0.6 is 23.2 Å². The lowest BCUT2D eigenvalue weighted by Gasteiger charge is -2.36. The molecule has 1 amide bonds. The molecule has 0 bridgehead atoms. The predicted molar refractivity (Wildman–Crippen MR) is 231 cm³/mol. The van der Waals surface area contributed by atoms with Crippen molar-refractivity contribution >= 4 is 35.1 Å². The lowest BCUT2D eigenvalue weighted by molar-refractivity contribution is -0.146. The van der Waals surface area contributed by atoms with Crippen LogP contribution in [-0.2, 0) is 38.6 Å². The number of rotatable bonds is 21. The molecule has 9 nitrogen and oxygen atoms in total. The van der Waals surface area contributed by atoms with Crippen LogP contribution in [-0.4, -0.2) is 69.4 Å². The van der Waals surface area contributed by atoms with Crippen molar-refractivity contribution in [2.75, 3.05) is 46.6 Å². The number of halogens is 2. The van der Waals surface area contributed by atoms with Gasteiger partial charge in [0, 0.05) is 38.3 Å². The number of hydrogen-bond acceptors (Lipinski definition) is 8. The zero-order chi connectivity index (χ0) is 41.2. The van der Waals surface area contributed by atoms with Crippen LogP contribution in [0.5, 0.6) is 17.2 Å². The van der Waals surface area contributed by atoms with Gasteiger partial charge in [0.25, 0.3) is 0 Å². The van der Waals surface area contributed by atoms with Crippen LogP contribution in [0.25, 0.3) is 0 Å². The van der Waals surface area contributed by atoms with Gasteiger partial charge in [-0.25, -0.2) is 0 Å². The summed E-state index contributed by atoms with van der Waals surface area (Å²) in [7, 11) is 1.72. The van der Waals surface area contributed by atoms with E-state index in [9.17, 15) is 9.59 Å². The van der Waals surface area contributed by atoms with Gasteiger partial charge in [0.15, 0.2) is 5.75 Å². The van der Waals surface area contributed by atoms with Crippen LogP contribution < -0.4 is 19.5 Å². The minimum absolute atomic E-state index is 0.0848. The minimum atomic E-state index is -0.205. The molecule has 4 aromatic rings. The molecule has 0 aromatic heterocycles. The Hall–Kier alpha value is -4.28. The number of methoxy groups -OCH3 is 1. The van der Waals surface area contributed by atoms with Crippen LogP contribution in [0, 0.1) is 18.3 Å². The third-order valence-corrected chi connectivity index (χ3v) is 12.1. The second-order valence-electron chi connectivity index (χ2n) is 16.4. The van der Waals surface area contributed by atoms with Crippen LogP contribution in [0.4, 0.5) is 0 Å². The van der Waals surface area contributed by atoms with E-state index in [-0.39, 0.29) is 41.8 Å². The standard InChI is InChI=1S/C48H56Cl2N2O7/c1-33-23-43(49)46(44(50)24-33)57-22-21-56-39-14-10-37(11-15-39)41-16-19-51-29-42(41)47(54)52(38-12-13-38)30-36-25-35(9-6-20-55-2)26-40(27-36)59-32-48(17-18-48)28-45(53)58-31-34-7-4-3-5-8-34/h3-5,7-8,10-11,14-15,23-27,38,41-42,51H,6,9,12-13,16-22,28-32H2,1-2H3/t41-,42+/m1/s1. The Morgan fingerprint density at radius 3 is 2.25 bits per heavy atom. The summed E-state index contributed by atoms with van der Waals surface area (Å²) in [6, 6.07) is 28.1. The molecule has 1 aliphatic heterocycles. The van der Waals surface area contributed by atoms with Crippen molar-refractivity contribution in [2.24, 2.45) is 11.3 Å². The van der Waals surface area contributed by atoms with E-state index in [2.05, 4.69) is 40.5 Å². The van der Waals surface area contributed by atoms with Crippen LogP contribution in [0.1, 0.15) is 78.7 Å². The largest absolute Gasteiger partial charge is 0.493 e. The highest BCUT2D eigenvalue weighted by atomic mass is 35.5. The van der Waals surface area contributed by atoms with Gasteiger partial charge in [0.2, 0.25) is 5.91 Å². The topological polar surface area (TPSA) is 95.6 Å². The lowest BCUT2D eigenvalue weighted by Crippen LogP contribution is -2.47. The summed E-state index contributed by atoms with van der Waals surface area (Å²) in [5.41, 5.74) is 5.08. The van der Waals surface area contributed by atoms with Gasteiger partial charge >= 0.3 is 5.97 Å². The number of carbonyl (C=O) groups excluding carboxylic acids is 2. The number of benzene rings is 4. The molecule has 4 aromatic carbocycles. The van der Waals surface area contributed by atoms with Crippen molar-refractivity contribution in [3.8, 4) is 17.2 Å². The number of amides is 1. The molecule has 59 heavy (non-hydrogen) atoms. The lowest BCUT2D eigenvalue weighted by atomic mass is 9.80. The highest BCUT2D eigenvalue weighted by Gasteiger charge is 2.46. The first-order valence-electron chi connectivity index (χ1n) is 21.0. The molecule has 1 saturated heterocycles. The van der Waals surface area contributed by atoms with Gasteiger partial charge in [-0.15, -0.1) is 0 Å². The Labute approximate surface area is 358 Å². The third-order valence-electron chi connectivity index (χ3n) is 11.6. The van der Waals surface area contributed by atoms with E-state index in [0.29, 0.717) is 61.7 Å².